The number of benzene rings is 4. The van der Waals surface area contributed by atoms with Crippen LogP contribution < -0.4 is 20.1 Å². The Balaban J connectivity index is 1.11. The molecular formula is C36H44N2O2. The van der Waals surface area contributed by atoms with Gasteiger partial charge in [-0.3, -0.25) is 0 Å². The molecule has 0 aromatic heterocycles. The van der Waals surface area contributed by atoms with E-state index in [1.165, 1.54) is 22.3 Å². The van der Waals surface area contributed by atoms with Crippen molar-refractivity contribution in [3.8, 4) is 11.5 Å². The highest BCUT2D eigenvalue weighted by Crippen LogP contribution is 2.22. The molecule has 0 aliphatic rings. The molecule has 4 rings (SSSR count). The van der Waals surface area contributed by atoms with E-state index >= 15 is 0 Å². The van der Waals surface area contributed by atoms with Gasteiger partial charge in [0.25, 0.3) is 0 Å². The first-order valence-electron chi connectivity index (χ1n) is 14.7. The van der Waals surface area contributed by atoms with Crippen molar-refractivity contribution in [1.29, 1.82) is 0 Å². The van der Waals surface area contributed by atoms with Gasteiger partial charge < -0.3 is 20.1 Å². The number of hydrogen-bond donors (Lipinski definition) is 2. The van der Waals surface area contributed by atoms with Crippen molar-refractivity contribution in [3.63, 3.8) is 0 Å². The second-order valence-electron chi connectivity index (χ2n) is 10.4. The van der Waals surface area contributed by atoms with E-state index in [0.717, 1.165) is 63.5 Å². The second-order valence-corrected chi connectivity index (χ2v) is 10.4. The van der Waals surface area contributed by atoms with Crippen LogP contribution in [0.2, 0.25) is 0 Å². The van der Waals surface area contributed by atoms with Gasteiger partial charge in [-0.15, -0.1) is 0 Å². The maximum absolute atomic E-state index is 6.17. The van der Waals surface area contributed by atoms with Gasteiger partial charge in [0.05, 0.1) is 13.2 Å². The Hall–Kier alpha value is -3.60. The fraction of sp³-hybridized carbons (Fsp3) is 0.333. The Labute approximate surface area is 240 Å². The van der Waals surface area contributed by atoms with E-state index < -0.39 is 0 Å². The zero-order valence-electron chi connectivity index (χ0n) is 24.0. The van der Waals surface area contributed by atoms with Crippen LogP contribution in [0.4, 0.5) is 0 Å². The summed E-state index contributed by atoms with van der Waals surface area (Å²) in [5, 5.41) is 7.24. The van der Waals surface area contributed by atoms with E-state index in [0.29, 0.717) is 0 Å². The van der Waals surface area contributed by atoms with Crippen molar-refractivity contribution in [2.24, 2.45) is 0 Å². The van der Waals surface area contributed by atoms with Gasteiger partial charge in [0, 0.05) is 36.3 Å². The van der Waals surface area contributed by atoms with Crippen molar-refractivity contribution < 1.29 is 9.47 Å². The van der Waals surface area contributed by atoms with Gasteiger partial charge in [-0.2, -0.15) is 0 Å². The topological polar surface area (TPSA) is 42.5 Å². The van der Waals surface area contributed by atoms with Gasteiger partial charge in [0.1, 0.15) is 11.5 Å². The molecule has 4 nitrogen and oxygen atoms in total. The summed E-state index contributed by atoms with van der Waals surface area (Å²) >= 11 is 0. The zero-order valence-corrected chi connectivity index (χ0v) is 24.0. The standard InChI is InChI=1S/C36H44N2O2/c1-29(31-17-7-5-8-18-31)37-27-33-21-11-13-23-35(33)39-25-15-3-4-16-26-40-36-24-14-12-22-34(36)28-38-30(2)32-19-9-6-10-20-32/h5-14,17-24,29-30,37-38H,3-4,15-16,25-28H2,1-2H3/t29-,30-/m1/s1. The molecule has 40 heavy (non-hydrogen) atoms. The average molecular weight is 537 g/mol. The number of para-hydroxylation sites is 2. The highest BCUT2D eigenvalue weighted by molar-refractivity contribution is 5.34. The molecule has 0 saturated carbocycles. The molecular weight excluding hydrogens is 492 g/mol. The first-order chi connectivity index (χ1) is 19.7. The van der Waals surface area contributed by atoms with Crippen molar-refractivity contribution in [2.45, 2.75) is 64.7 Å². The van der Waals surface area contributed by atoms with E-state index in [1.54, 1.807) is 0 Å². The molecule has 4 heteroatoms. The van der Waals surface area contributed by atoms with Crippen molar-refractivity contribution in [1.82, 2.24) is 10.6 Å². The minimum absolute atomic E-state index is 0.289. The van der Waals surface area contributed by atoms with E-state index in [1.807, 2.05) is 12.1 Å². The van der Waals surface area contributed by atoms with E-state index in [4.69, 9.17) is 9.47 Å². The van der Waals surface area contributed by atoms with Gasteiger partial charge in [-0.25, -0.2) is 0 Å². The molecule has 0 aliphatic carbocycles. The molecule has 0 fully saturated rings. The van der Waals surface area contributed by atoms with E-state index in [9.17, 15) is 0 Å². The Kier molecular flexibility index (Phi) is 12.1. The molecule has 4 aromatic rings. The van der Waals surface area contributed by atoms with Crippen LogP contribution in [0.25, 0.3) is 0 Å². The highest BCUT2D eigenvalue weighted by Gasteiger charge is 2.09. The highest BCUT2D eigenvalue weighted by atomic mass is 16.5. The number of hydrogen-bond acceptors (Lipinski definition) is 4. The summed E-state index contributed by atoms with van der Waals surface area (Å²) in [6, 6.07) is 38.4. The Morgan fingerprint density at radius 2 is 0.850 bits per heavy atom. The second kappa shape index (κ2) is 16.5. The lowest BCUT2D eigenvalue weighted by Crippen LogP contribution is -2.18. The van der Waals surface area contributed by atoms with Gasteiger partial charge in [-0.05, 0) is 62.8 Å². The number of nitrogens with one attached hydrogen (secondary N) is 2. The Morgan fingerprint density at radius 1 is 0.475 bits per heavy atom. The molecule has 0 bridgehead atoms. The van der Waals surface area contributed by atoms with Gasteiger partial charge in [0.15, 0.2) is 0 Å². The number of rotatable bonds is 17. The third-order valence-electron chi connectivity index (χ3n) is 7.30. The van der Waals surface area contributed by atoms with Crippen LogP contribution in [0.15, 0.2) is 109 Å². The van der Waals surface area contributed by atoms with E-state index in [-0.39, 0.29) is 12.1 Å². The molecule has 0 heterocycles. The lowest BCUT2D eigenvalue weighted by atomic mass is 10.1. The normalized spacial score (nSPS) is 12.6. The summed E-state index contributed by atoms with van der Waals surface area (Å²) < 4.78 is 12.3. The fourth-order valence-corrected chi connectivity index (χ4v) is 4.75. The summed E-state index contributed by atoms with van der Waals surface area (Å²) in [7, 11) is 0. The summed E-state index contributed by atoms with van der Waals surface area (Å²) in [5.41, 5.74) is 4.99. The molecule has 0 amide bonds. The number of unbranched alkanes of at least 4 members (excludes halogenated alkanes) is 3. The predicted octanol–water partition coefficient (Wildman–Crippen LogP) is 8.41. The first kappa shape index (κ1) is 29.4. The van der Waals surface area contributed by atoms with Gasteiger partial charge in [-0.1, -0.05) is 97.1 Å². The minimum Gasteiger partial charge on any atom is -0.493 e. The molecule has 0 saturated heterocycles. The molecule has 0 radical (unpaired) electrons. The summed E-state index contributed by atoms with van der Waals surface area (Å²) in [6.45, 7) is 7.44. The average Bonchev–Trinajstić information content (AvgIpc) is 3.01. The largest absolute Gasteiger partial charge is 0.493 e. The minimum atomic E-state index is 0.289. The smallest absolute Gasteiger partial charge is 0.123 e. The number of ether oxygens (including phenoxy) is 2. The van der Waals surface area contributed by atoms with Gasteiger partial charge >= 0.3 is 0 Å². The molecule has 0 spiro atoms. The third-order valence-corrected chi connectivity index (χ3v) is 7.30. The SMILES string of the molecule is C[C@@H](NCc1ccccc1OCCCCCCOc1ccccc1CN[C@H](C)c1ccccc1)c1ccccc1. The monoisotopic (exact) mass is 536 g/mol. The Bertz CT molecular complexity index is 1150. The summed E-state index contributed by atoms with van der Waals surface area (Å²) in [4.78, 5) is 0. The molecule has 2 atom stereocenters. The van der Waals surface area contributed by atoms with Gasteiger partial charge in [0.2, 0.25) is 0 Å². The van der Waals surface area contributed by atoms with Crippen LogP contribution in [-0.2, 0) is 13.1 Å². The van der Waals surface area contributed by atoms with Crippen LogP contribution in [0.3, 0.4) is 0 Å². The van der Waals surface area contributed by atoms with E-state index in [2.05, 4.69) is 122 Å². The molecule has 0 unspecified atom stereocenters. The summed E-state index contributed by atoms with van der Waals surface area (Å²) in [6.07, 6.45) is 4.35. The predicted molar refractivity (Wildman–Crippen MR) is 166 cm³/mol. The van der Waals surface area contributed by atoms with Crippen LogP contribution in [0.1, 0.15) is 73.9 Å². The van der Waals surface area contributed by atoms with Crippen molar-refractivity contribution in [2.75, 3.05) is 13.2 Å². The van der Waals surface area contributed by atoms with Crippen LogP contribution in [-0.4, -0.2) is 13.2 Å². The molecule has 2 N–H and O–H groups in total. The maximum Gasteiger partial charge on any atom is 0.123 e. The van der Waals surface area contributed by atoms with Crippen molar-refractivity contribution >= 4 is 0 Å². The zero-order chi connectivity index (χ0) is 27.8. The lowest BCUT2D eigenvalue weighted by Gasteiger charge is -2.17. The molecule has 210 valence electrons. The first-order valence-corrected chi connectivity index (χ1v) is 14.7. The molecule has 0 aliphatic heterocycles. The van der Waals surface area contributed by atoms with Crippen LogP contribution >= 0.6 is 0 Å². The fourth-order valence-electron chi connectivity index (χ4n) is 4.75. The third kappa shape index (κ3) is 9.55. The maximum atomic E-state index is 6.17. The van der Waals surface area contributed by atoms with Crippen LogP contribution in [0, 0.1) is 0 Å². The van der Waals surface area contributed by atoms with Crippen LogP contribution in [0.5, 0.6) is 11.5 Å². The molecule has 4 aromatic carbocycles. The Morgan fingerprint density at radius 3 is 1.27 bits per heavy atom. The lowest BCUT2D eigenvalue weighted by molar-refractivity contribution is 0.284. The summed E-state index contributed by atoms with van der Waals surface area (Å²) in [5.74, 6) is 1.95. The van der Waals surface area contributed by atoms with Crippen molar-refractivity contribution in [3.05, 3.63) is 131 Å². The quantitative estimate of drug-likeness (QED) is 0.133.